The molecule has 3 nitrogen and oxygen atoms in total. The fourth-order valence-corrected chi connectivity index (χ4v) is 1.98. The smallest absolute Gasteiger partial charge is 0.152 e. The highest BCUT2D eigenvalue weighted by Crippen LogP contribution is 2.16. The van der Waals surface area contributed by atoms with E-state index in [9.17, 15) is 0 Å². The van der Waals surface area contributed by atoms with Crippen LogP contribution >= 0.6 is 11.6 Å². The van der Waals surface area contributed by atoms with Crippen LogP contribution < -0.4 is 5.32 Å². The molecule has 0 aliphatic carbocycles. The molecule has 0 radical (unpaired) electrons. The number of hydrogen-bond acceptors (Lipinski definition) is 2. The van der Waals surface area contributed by atoms with Gasteiger partial charge in [-0.05, 0) is 18.6 Å². The Morgan fingerprint density at radius 1 is 1.28 bits per heavy atom. The SMILES string of the molecule is CCCCc1nc(Cl)c(CNc2ccccc2)[nH]1. The van der Waals surface area contributed by atoms with Crippen molar-refractivity contribution in [1.82, 2.24) is 9.97 Å². The van der Waals surface area contributed by atoms with Crippen LogP contribution in [-0.2, 0) is 13.0 Å². The van der Waals surface area contributed by atoms with Crippen LogP contribution in [-0.4, -0.2) is 9.97 Å². The van der Waals surface area contributed by atoms with E-state index in [2.05, 4.69) is 22.2 Å². The number of unbranched alkanes of at least 4 members (excludes halogenated alkanes) is 1. The van der Waals surface area contributed by atoms with Crippen molar-refractivity contribution in [2.24, 2.45) is 0 Å². The molecule has 1 aromatic carbocycles. The van der Waals surface area contributed by atoms with E-state index < -0.39 is 0 Å². The zero-order chi connectivity index (χ0) is 12.8. The number of rotatable bonds is 6. The number of para-hydroxylation sites is 1. The lowest BCUT2D eigenvalue weighted by Gasteiger charge is -2.04. The standard InChI is InChI=1S/C14H18ClN3/c1-2-3-9-13-17-12(14(15)18-13)10-16-11-7-5-4-6-8-11/h4-8,16H,2-3,9-10H2,1H3,(H,17,18). The van der Waals surface area contributed by atoms with Crippen molar-refractivity contribution < 1.29 is 0 Å². The van der Waals surface area contributed by atoms with Gasteiger partial charge in [0.05, 0.1) is 12.2 Å². The summed E-state index contributed by atoms with van der Waals surface area (Å²) in [6.45, 7) is 2.84. The van der Waals surface area contributed by atoms with E-state index in [1.54, 1.807) is 0 Å². The van der Waals surface area contributed by atoms with Crippen molar-refractivity contribution in [1.29, 1.82) is 0 Å². The Morgan fingerprint density at radius 2 is 2.06 bits per heavy atom. The highest BCUT2D eigenvalue weighted by Gasteiger charge is 2.07. The van der Waals surface area contributed by atoms with Gasteiger partial charge in [-0.25, -0.2) is 4.98 Å². The number of aryl methyl sites for hydroxylation is 1. The van der Waals surface area contributed by atoms with Gasteiger partial charge < -0.3 is 10.3 Å². The quantitative estimate of drug-likeness (QED) is 0.827. The van der Waals surface area contributed by atoms with E-state index >= 15 is 0 Å². The lowest BCUT2D eigenvalue weighted by Crippen LogP contribution is -2.00. The Hall–Kier alpha value is -1.48. The third-order valence-corrected chi connectivity index (χ3v) is 3.10. The fourth-order valence-electron chi connectivity index (χ4n) is 1.77. The van der Waals surface area contributed by atoms with Crippen molar-refractivity contribution in [3.63, 3.8) is 0 Å². The lowest BCUT2D eigenvalue weighted by molar-refractivity contribution is 0.760. The number of halogens is 1. The van der Waals surface area contributed by atoms with Gasteiger partial charge in [0.15, 0.2) is 5.15 Å². The fraction of sp³-hybridized carbons (Fsp3) is 0.357. The molecule has 0 bridgehead atoms. The monoisotopic (exact) mass is 263 g/mol. The molecular weight excluding hydrogens is 246 g/mol. The van der Waals surface area contributed by atoms with Gasteiger partial charge in [0.25, 0.3) is 0 Å². The van der Waals surface area contributed by atoms with E-state index in [4.69, 9.17) is 11.6 Å². The Kier molecular flexibility index (Phi) is 4.65. The molecule has 1 heterocycles. The molecule has 0 amide bonds. The first-order chi connectivity index (χ1) is 8.79. The Balaban J connectivity index is 1.95. The molecule has 0 saturated heterocycles. The molecule has 0 saturated carbocycles. The van der Waals surface area contributed by atoms with Gasteiger partial charge in [0, 0.05) is 12.1 Å². The molecule has 4 heteroatoms. The average molecular weight is 264 g/mol. The van der Waals surface area contributed by atoms with Crippen molar-refractivity contribution >= 4 is 17.3 Å². The van der Waals surface area contributed by atoms with Crippen LogP contribution in [0.4, 0.5) is 5.69 Å². The first-order valence-corrected chi connectivity index (χ1v) is 6.69. The minimum Gasteiger partial charge on any atom is -0.379 e. The van der Waals surface area contributed by atoms with Crippen LogP contribution in [0.25, 0.3) is 0 Å². The van der Waals surface area contributed by atoms with Crippen LogP contribution in [0, 0.1) is 0 Å². The van der Waals surface area contributed by atoms with E-state index in [1.165, 1.54) is 0 Å². The van der Waals surface area contributed by atoms with Crippen molar-refractivity contribution in [2.45, 2.75) is 32.7 Å². The maximum absolute atomic E-state index is 6.11. The molecule has 2 rings (SSSR count). The zero-order valence-corrected chi connectivity index (χ0v) is 11.3. The van der Waals surface area contributed by atoms with E-state index in [1.807, 2.05) is 30.3 Å². The Labute approximate surface area is 113 Å². The van der Waals surface area contributed by atoms with Crippen LogP contribution in [0.2, 0.25) is 5.15 Å². The van der Waals surface area contributed by atoms with Gasteiger partial charge in [0.1, 0.15) is 5.82 Å². The Morgan fingerprint density at radius 3 is 2.78 bits per heavy atom. The second-order valence-corrected chi connectivity index (χ2v) is 4.63. The summed E-state index contributed by atoms with van der Waals surface area (Å²) in [5.74, 6) is 0.978. The summed E-state index contributed by atoms with van der Waals surface area (Å²) >= 11 is 6.11. The van der Waals surface area contributed by atoms with Crippen molar-refractivity contribution in [2.75, 3.05) is 5.32 Å². The van der Waals surface area contributed by atoms with Gasteiger partial charge in [-0.2, -0.15) is 0 Å². The molecule has 0 atom stereocenters. The molecule has 2 N–H and O–H groups in total. The molecule has 18 heavy (non-hydrogen) atoms. The number of aromatic amines is 1. The number of aromatic nitrogens is 2. The third kappa shape index (κ3) is 3.50. The van der Waals surface area contributed by atoms with Gasteiger partial charge in [-0.1, -0.05) is 43.1 Å². The summed E-state index contributed by atoms with van der Waals surface area (Å²) in [6.07, 6.45) is 3.26. The molecule has 0 spiro atoms. The number of nitrogens with zero attached hydrogens (tertiary/aromatic N) is 1. The molecule has 96 valence electrons. The summed E-state index contributed by atoms with van der Waals surface area (Å²) in [7, 11) is 0. The first kappa shape index (κ1) is 13.0. The molecule has 2 aromatic rings. The van der Waals surface area contributed by atoms with Gasteiger partial charge in [-0.3, -0.25) is 0 Å². The van der Waals surface area contributed by atoms with E-state index in [-0.39, 0.29) is 0 Å². The van der Waals surface area contributed by atoms with Gasteiger partial charge in [0.2, 0.25) is 0 Å². The zero-order valence-electron chi connectivity index (χ0n) is 10.5. The van der Waals surface area contributed by atoms with Gasteiger partial charge in [-0.15, -0.1) is 0 Å². The second kappa shape index (κ2) is 6.45. The van der Waals surface area contributed by atoms with E-state index in [0.29, 0.717) is 11.7 Å². The molecule has 0 aliphatic rings. The largest absolute Gasteiger partial charge is 0.379 e. The van der Waals surface area contributed by atoms with Gasteiger partial charge >= 0.3 is 0 Å². The summed E-state index contributed by atoms with van der Waals surface area (Å²) in [4.78, 5) is 7.61. The molecule has 0 unspecified atom stereocenters. The predicted octanol–water partition coefficient (Wildman–Crippen LogP) is 4.02. The number of anilines is 1. The van der Waals surface area contributed by atoms with Crippen molar-refractivity contribution in [3.05, 3.63) is 47.0 Å². The molecule has 0 fully saturated rings. The average Bonchev–Trinajstić information content (AvgIpc) is 2.76. The topological polar surface area (TPSA) is 40.7 Å². The Bertz CT molecular complexity index is 479. The van der Waals surface area contributed by atoms with Crippen LogP contribution in [0.1, 0.15) is 31.3 Å². The molecule has 0 aliphatic heterocycles. The maximum atomic E-state index is 6.11. The minimum atomic E-state index is 0.574. The number of imidazole rings is 1. The first-order valence-electron chi connectivity index (χ1n) is 6.31. The lowest BCUT2D eigenvalue weighted by atomic mass is 10.2. The second-order valence-electron chi connectivity index (χ2n) is 4.28. The summed E-state index contributed by atoms with van der Waals surface area (Å²) in [6, 6.07) is 10.1. The summed E-state index contributed by atoms with van der Waals surface area (Å²) < 4.78 is 0. The number of benzene rings is 1. The third-order valence-electron chi connectivity index (χ3n) is 2.79. The van der Waals surface area contributed by atoms with Crippen molar-refractivity contribution in [3.8, 4) is 0 Å². The number of hydrogen-bond donors (Lipinski definition) is 2. The predicted molar refractivity (Wildman–Crippen MR) is 76.0 cm³/mol. The summed E-state index contributed by atoms with van der Waals surface area (Å²) in [5.41, 5.74) is 2.03. The number of H-pyrrole nitrogens is 1. The van der Waals surface area contributed by atoms with Crippen LogP contribution in [0.3, 0.4) is 0 Å². The number of nitrogens with one attached hydrogen (secondary N) is 2. The normalized spacial score (nSPS) is 10.6. The minimum absolute atomic E-state index is 0.574. The molecular formula is C14H18ClN3. The maximum Gasteiger partial charge on any atom is 0.152 e. The van der Waals surface area contributed by atoms with Crippen LogP contribution in [0.5, 0.6) is 0 Å². The highest BCUT2D eigenvalue weighted by molar-refractivity contribution is 6.30. The molecule has 1 aromatic heterocycles. The summed E-state index contributed by atoms with van der Waals surface area (Å²) in [5, 5.41) is 3.89. The highest BCUT2D eigenvalue weighted by atomic mass is 35.5. The van der Waals surface area contributed by atoms with Crippen LogP contribution in [0.15, 0.2) is 30.3 Å². The van der Waals surface area contributed by atoms with E-state index in [0.717, 1.165) is 36.5 Å².